The third-order valence-electron chi connectivity index (χ3n) is 4.24. The van der Waals surface area contributed by atoms with Gasteiger partial charge in [-0.3, -0.25) is 4.79 Å². The van der Waals surface area contributed by atoms with E-state index in [2.05, 4.69) is 10.6 Å². The van der Waals surface area contributed by atoms with Crippen molar-refractivity contribution in [3.63, 3.8) is 0 Å². The molecule has 0 bridgehead atoms. The largest absolute Gasteiger partial charge is 0.354 e. The molecule has 1 aliphatic heterocycles. The molecule has 2 fully saturated rings. The topological polar surface area (TPSA) is 41.1 Å². The lowest BCUT2D eigenvalue weighted by Gasteiger charge is -2.11. The van der Waals surface area contributed by atoms with Gasteiger partial charge >= 0.3 is 0 Å². The number of hydrogen-bond acceptors (Lipinski definition) is 2. The molecule has 1 saturated heterocycles. The smallest absolute Gasteiger partial charge is 0.237 e. The Labute approximate surface area is 118 Å². The van der Waals surface area contributed by atoms with Gasteiger partial charge in [0, 0.05) is 18.1 Å². The summed E-state index contributed by atoms with van der Waals surface area (Å²) in [6, 6.07) is 7.80. The first-order valence-electron chi connectivity index (χ1n) is 6.92. The SMILES string of the molecule is O=C(NCCc1cccc(Cl)c1)[C@@H]1CC2(CC2)CN1. The van der Waals surface area contributed by atoms with E-state index in [0.29, 0.717) is 12.0 Å². The third-order valence-corrected chi connectivity index (χ3v) is 4.47. The quantitative estimate of drug-likeness (QED) is 0.886. The number of rotatable bonds is 4. The molecule has 1 amide bonds. The molecule has 0 unspecified atom stereocenters. The van der Waals surface area contributed by atoms with Gasteiger partial charge in [0.05, 0.1) is 6.04 Å². The summed E-state index contributed by atoms with van der Waals surface area (Å²) in [6.07, 6.45) is 4.40. The lowest BCUT2D eigenvalue weighted by molar-refractivity contribution is -0.122. The summed E-state index contributed by atoms with van der Waals surface area (Å²) in [5.41, 5.74) is 1.63. The minimum atomic E-state index is 0.0156. The van der Waals surface area contributed by atoms with Crippen LogP contribution in [0.4, 0.5) is 0 Å². The number of hydrogen-bond donors (Lipinski definition) is 2. The molecule has 1 saturated carbocycles. The van der Waals surface area contributed by atoms with Crippen LogP contribution in [0.25, 0.3) is 0 Å². The molecular formula is C15H19ClN2O. The molecule has 3 rings (SSSR count). The van der Waals surface area contributed by atoms with Crippen LogP contribution in [0.15, 0.2) is 24.3 Å². The number of nitrogens with one attached hydrogen (secondary N) is 2. The molecule has 4 heteroatoms. The second kappa shape index (κ2) is 5.14. The van der Waals surface area contributed by atoms with Crippen molar-refractivity contribution in [1.29, 1.82) is 0 Å². The van der Waals surface area contributed by atoms with Gasteiger partial charge in [0.1, 0.15) is 0 Å². The van der Waals surface area contributed by atoms with Crippen molar-refractivity contribution < 1.29 is 4.79 Å². The predicted octanol–water partition coefficient (Wildman–Crippen LogP) is 2.14. The zero-order valence-corrected chi connectivity index (χ0v) is 11.7. The van der Waals surface area contributed by atoms with Crippen molar-refractivity contribution in [2.45, 2.75) is 31.7 Å². The highest BCUT2D eigenvalue weighted by atomic mass is 35.5. The molecule has 1 aliphatic carbocycles. The Bertz CT molecular complexity index is 485. The Morgan fingerprint density at radius 3 is 3.00 bits per heavy atom. The van der Waals surface area contributed by atoms with E-state index < -0.39 is 0 Å². The van der Waals surface area contributed by atoms with Crippen LogP contribution in [0.1, 0.15) is 24.8 Å². The van der Waals surface area contributed by atoms with Gasteiger partial charge in [-0.25, -0.2) is 0 Å². The summed E-state index contributed by atoms with van der Waals surface area (Å²) in [7, 11) is 0. The Morgan fingerprint density at radius 1 is 1.47 bits per heavy atom. The van der Waals surface area contributed by atoms with E-state index in [4.69, 9.17) is 11.6 Å². The van der Waals surface area contributed by atoms with Crippen molar-refractivity contribution >= 4 is 17.5 Å². The molecule has 102 valence electrons. The fourth-order valence-corrected chi connectivity index (χ4v) is 3.02. The normalized spacial score (nSPS) is 23.5. The molecule has 19 heavy (non-hydrogen) atoms. The monoisotopic (exact) mass is 278 g/mol. The van der Waals surface area contributed by atoms with Crippen LogP contribution in [0, 0.1) is 5.41 Å². The lowest BCUT2D eigenvalue weighted by atomic mass is 10.0. The summed E-state index contributed by atoms with van der Waals surface area (Å²) in [5, 5.41) is 7.09. The van der Waals surface area contributed by atoms with E-state index in [-0.39, 0.29) is 11.9 Å². The van der Waals surface area contributed by atoms with Crippen LogP contribution in [-0.4, -0.2) is 25.0 Å². The summed E-state index contributed by atoms with van der Waals surface area (Å²) >= 11 is 5.93. The number of amides is 1. The minimum Gasteiger partial charge on any atom is -0.354 e. The highest BCUT2D eigenvalue weighted by Crippen LogP contribution is 2.51. The van der Waals surface area contributed by atoms with E-state index in [0.717, 1.165) is 30.0 Å². The van der Waals surface area contributed by atoms with Gasteiger partial charge in [-0.05, 0) is 48.8 Å². The van der Waals surface area contributed by atoms with Gasteiger partial charge in [0.2, 0.25) is 5.91 Å². The minimum absolute atomic E-state index is 0.0156. The number of carbonyl (C=O) groups excluding carboxylic acids is 1. The lowest BCUT2D eigenvalue weighted by Crippen LogP contribution is -2.41. The molecule has 3 nitrogen and oxygen atoms in total. The molecule has 1 atom stereocenters. The fourth-order valence-electron chi connectivity index (χ4n) is 2.81. The summed E-state index contributed by atoms with van der Waals surface area (Å²) in [6.45, 7) is 1.68. The van der Waals surface area contributed by atoms with Crippen LogP contribution in [0.3, 0.4) is 0 Å². The van der Waals surface area contributed by atoms with Crippen LogP contribution < -0.4 is 10.6 Å². The number of benzene rings is 1. The maximum atomic E-state index is 12.0. The molecule has 0 radical (unpaired) electrons. The molecule has 1 aromatic carbocycles. The van der Waals surface area contributed by atoms with Gasteiger partial charge in [-0.2, -0.15) is 0 Å². The number of halogens is 1. The maximum Gasteiger partial charge on any atom is 0.237 e. The average molecular weight is 279 g/mol. The van der Waals surface area contributed by atoms with Gasteiger partial charge in [0.25, 0.3) is 0 Å². The van der Waals surface area contributed by atoms with Crippen molar-refractivity contribution in [3.8, 4) is 0 Å². The molecule has 0 aromatic heterocycles. The maximum absolute atomic E-state index is 12.0. The van der Waals surface area contributed by atoms with Gasteiger partial charge in [-0.15, -0.1) is 0 Å². The predicted molar refractivity (Wildman–Crippen MR) is 76.2 cm³/mol. The van der Waals surface area contributed by atoms with E-state index in [1.54, 1.807) is 0 Å². The highest BCUT2D eigenvalue weighted by Gasteiger charge is 2.49. The van der Waals surface area contributed by atoms with Crippen LogP contribution in [0.5, 0.6) is 0 Å². The van der Waals surface area contributed by atoms with Gasteiger partial charge < -0.3 is 10.6 Å². The van der Waals surface area contributed by atoms with E-state index in [1.807, 2.05) is 24.3 Å². The van der Waals surface area contributed by atoms with Crippen LogP contribution in [-0.2, 0) is 11.2 Å². The first kappa shape index (κ1) is 12.9. The second-order valence-electron chi connectivity index (χ2n) is 5.81. The first-order valence-corrected chi connectivity index (χ1v) is 7.30. The molecular weight excluding hydrogens is 260 g/mol. The summed E-state index contributed by atoms with van der Waals surface area (Å²) in [5.74, 6) is 0.144. The fraction of sp³-hybridized carbons (Fsp3) is 0.533. The van der Waals surface area contributed by atoms with Crippen LogP contribution >= 0.6 is 11.6 Å². The van der Waals surface area contributed by atoms with Crippen LogP contribution in [0.2, 0.25) is 5.02 Å². The Morgan fingerprint density at radius 2 is 2.32 bits per heavy atom. The first-order chi connectivity index (χ1) is 9.17. The Kier molecular flexibility index (Phi) is 3.50. The van der Waals surface area contributed by atoms with E-state index in [1.165, 1.54) is 12.8 Å². The number of carbonyl (C=O) groups is 1. The second-order valence-corrected chi connectivity index (χ2v) is 6.24. The zero-order valence-electron chi connectivity index (χ0n) is 10.9. The Balaban J connectivity index is 1.43. The molecule has 1 heterocycles. The van der Waals surface area contributed by atoms with E-state index in [9.17, 15) is 4.79 Å². The van der Waals surface area contributed by atoms with Crippen molar-refractivity contribution in [2.24, 2.45) is 5.41 Å². The van der Waals surface area contributed by atoms with Crippen molar-refractivity contribution in [1.82, 2.24) is 10.6 Å². The Hall–Kier alpha value is -1.06. The molecule has 2 N–H and O–H groups in total. The van der Waals surface area contributed by atoms with Gasteiger partial charge in [-0.1, -0.05) is 23.7 Å². The van der Waals surface area contributed by atoms with Crippen molar-refractivity contribution in [3.05, 3.63) is 34.9 Å². The average Bonchev–Trinajstić information content (AvgIpc) is 2.99. The van der Waals surface area contributed by atoms with E-state index >= 15 is 0 Å². The summed E-state index contributed by atoms with van der Waals surface area (Å²) in [4.78, 5) is 12.0. The zero-order chi connectivity index (χ0) is 13.3. The summed E-state index contributed by atoms with van der Waals surface area (Å²) < 4.78 is 0. The molecule has 1 aromatic rings. The molecule has 2 aliphatic rings. The standard InChI is InChI=1S/C15H19ClN2O/c16-12-3-1-2-11(8-12)4-7-17-14(19)13-9-15(5-6-15)10-18-13/h1-3,8,13,18H,4-7,9-10H2,(H,17,19)/t13-/m0/s1. The third kappa shape index (κ3) is 3.10. The molecule has 1 spiro atoms. The highest BCUT2D eigenvalue weighted by molar-refractivity contribution is 6.30. The van der Waals surface area contributed by atoms with Crippen molar-refractivity contribution in [2.75, 3.05) is 13.1 Å². The van der Waals surface area contributed by atoms with Gasteiger partial charge in [0.15, 0.2) is 0 Å².